The summed E-state index contributed by atoms with van der Waals surface area (Å²) >= 11 is 0. The van der Waals surface area contributed by atoms with Crippen molar-refractivity contribution in [3.8, 4) is 5.75 Å². The average molecular weight is 259 g/mol. The van der Waals surface area contributed by atoms with Crippen LogP contribution >= 0.6 is 0 Å². The van der Waals surface area contributed by atoms with E-state index in [2.05, 4.69) is 0 Å². The number of nitro groups is 1. The van der Waals surface area contributed by atoms with Gasteiger partial charge in [-0.25, -0.2) is 4.57 Å². The minimum atomic E-state index is -0.402. The minimum absolute atomic E-state index is 0.106. The third kappa shape index (κ3) is 3.77. The molecule has 1 aromatic heterocycles. The van der Waals surface area contributed by atoms with E-state index in [1.165, 1.54) is 17.7 Å². The number of aryl methyl sites for hydroxylation is 2. The normalized spacial score (nSPS) is 10.3. The van der Waals surface area contributed by atoms with Crippen LogP contribution in [0.15, 0.2) is 48.8 Å². The van der Waals surface area contributed by atoms with Gasteiger partial charge in [0.1, 0.15) is 12.3 Å². The highest BCUT2D eigenvalue weighted by atomic mass is 16.6. The smallest absolute Gasteiger partial charge is 0.281 e. The number of benzene rings is 1. The summed E-state index contributed by atoms with van der Waals surface area (Å²) in [5, 5.41) is 19.7. The van der Waals surface area contributed by atoms with Gasteiger partial charge in [-0.2, -0.15) is 0 Å². The Morgan fingerprint density at radius 1 is 1.11 bits per heavy atom. The molecule has 0 saturated carbocycles. The Balaban J connectivity index is 1.85. The van der Waals surface area contributed by atoms with Crippen molar-refractivity contribution >= 4 is 5.69 Å². The summed E-state index contributed by atoms with van der Waals surface area (Å²) in [6.45, 7) is 0.804. The van der Waals surface area contributed by atoms with Gasteiger partial charge in [-0.15, -0.1) is 0 Å². The van der Waals surface area contributed by atoms with Crippen molar-refractivity contribution in [3.05, 3.63) is 64.5 Å². The van der Waals surface area contributed by atoms with E-state index in [1.807, 2.05) is 16.7 Å². The van der Waals surface area contributed by atoms with Gasteiger partial charge in [-0.05, 0) is 24.1 Å². The van der Waals surface area contributed by atoms with Crippen LogP contribution in [0, 0.1) is 10.1 Å². The molecule has 0 spiro atoms. The average Bonchev–Trinajstić information content (AvgIpc) is 2.41. The molecule has 0 bridgehead atoms. The van der Waals surface area contributed by atoms with Crippen molar-refractivity contribution in [1.29, 1.82) is 0 Å². The summed E-state index contributed by atoms with van der Waals surface area (Å²) < 4.78 is 1.92. The molecule has 0 saturated heterocycles. The van der Waals surface area contributed by atoms with Crippen LogP contribution in [0.3, 0.4) is 0 Å². The predicted molar refractivity (Wildman–Crippen MR) is 69.7 cm³/mol. The number of phenols is 1. The minimum Gasteiger partial charge on any atom is -0.508 e. The molecule has 5 nitrogen and oxygen atoms in total. The zero-order valence-electron chi connectivity index (χ0n) is 10.4. The number of phenolic OH excluding ortho intramolecular Hbond substituents is 1. The Morgan fingerprint density at radius 2 is 1.74 bits per heavy atom. The molecule has 0 unspecified atom stereocenters. The molecule has 5 heteroatoms. The molecule has 0 aliphatic carbocycles. The summed E-state index contributed by atoms with van der Waals surface area (Å²) in [7, 11) is 0. The third-order valence-corrected chi connectivity index (χ3v) is 2.90. The first-order chi connectivity index (χ1) is 9.15. The molecular weight excluding hydrogens is 244 g/mol. The Hall–Kier alpha value is -2.43. The predicted octanol–water partition coefficient (Wildman–Crippen LogP) is 2.22. The molecule has 1 heterocycles. The molecule has 0 radical (unpaired) electrons. The highest BCUT2D eigenvalue weighted by Crippen LogP contribution is 2.11. The number of hydrogen-bond donors (Lipinski definition) is 1. The fraction of sp³-hybridized carbons (Fsp3) is 0.214. The monoisotopic (exact) mass is 259 g/mol. The number of rotatable bonds is 5. The third-order valence-electron chi connectivity index (χ3n) is 2.90. The van der Waals surface area contributed by atoms with E-state index in [4.69, 9.17) is 0 Å². The van der Waals surface area contributed by atoms with Gasteiger partial charge in [0.15, 0.2) is 12.4 Å². The van der Waals surface area contributed by atoms with E-state index >= 15 is 0 Å². The van der Waals surface area contributed by atoms with Crippen LogP contribution in [0.5, 0.6) is 5.75 Å². The first-order valence-corrected chi connectivity index (χ1v) is 6.06. The SMILES string of the molecule is O=[N+]([O-])c1cc[n+](CCCc2ccc(O)cc2)cc1. The maximum Gasteiger partial charge on any atom is 0.281 e. The molecule has 19 heavy (non-hydrogen) atoms. The van der Waals surface area contributed by atoms with Crippen LogP contribution in [0.25, 0.3) is 0 Å². The number of nitrogens with zero attached hydrogens (tertiary/aromatic N) is 2. The molecule has 0 amide bonds. The van der Waals surface area contributed by atoms with Crippen LogP contribution < -0.4 is 4.57 Å². The largest absolute Gasteiger partial charge is 0.508 e. The molecule has 1 N–H and O–H groups in total. The summed E-state index contributed by atoms with van der Waals surface area (Å²) in [5.74, 6) is 0.272. The lowest BCUT2D eigenvalue weighted by Crippen LogP contribution is -2.32. The van der Waals surface area contributed by atoms with Crippen LogP contribution in [0.1, 0.15) is 12.0 Å². The van der Waals surface area contributed by atoms with Gasteiger partial charge >= 0.3 is 0 Å². The molecule has 2 aromatic rings. The topological polar surface area (TPSA) is 67.2 Å². The molecule has 1 aromatic carbocycles. The van der Waals surface area contributed by atoms with Crippen molar-refractivity contribution in [2.75, 3.05) is 0 Å². The lowest BCUT2D eigenvalue weighted by molar-refractivity contribution is -0.697. The first kappa shape index (κ1) is 13.0. The number of hydrogen-bond acceptors (Lipinski definition) is 3. The molecule has 0 fully saturated rings. The number of pyridine rings is 1. The van der Waals surface area contributed by atoms with E-state index in [1.54, 1.807) is 24.5 Å². The fourth-order valence-electron chi connectivity index (χ4n) is 1.85. The van der Waals surface area contributed by atoms with E-state index < -0.39 is 4.92 Å². The summed E-state index contributed by atoms with van der Waals surface area (Å²) in [6.07, 6.45) is 5.28. The van der Waals surface area contributed by atoms with Gasteiger partial charge in [-0.1, -0.05) is 12.1 Å². The fourth-order valence-corrected chi connectivity index (χ4v) is 1.85. The van der Waals surface area contributed by atoms with Gasteiger partial charge in [0.05, 0.1) is 17.1 Å². The zero-order chi connectivity index (χ0) is 13.7. The Bertz CT molecular complexity index is 550. The van der Waals surface area contributed by atoms with Crippen molar-refractivity contribution in [3.63, 3.8) is 0 Å². The van der Waals surface area contributed by atoms with E-state index in [0.717, 1.165) is 19.4 Å². The van der Waals surface area contributed by atoms with Gasteiger partial charge in [0.2, 0.25) is 0 Å². The van der Waals surface area contributed by atoms with Crippen LogP contribution in [-0.4, -0.2) is 10.0 Å². The van der Waals surface area contributed by atoms with E-state index in [-0.39, 0.29) is 11.4 Å². The van der Waals surface area contributed by atoms with E-state index in [0.29, 0.717) is 0 Å². The van der Waals surface area contributed by atoms with Crippen molar-refractivity contribution in [2.45, 2.75) is 19.4 Å². The lowest BCUT2D eigenvalue weighted by Gasteiger charge is -2.00. The Labute approximate surface area is 110 Å². The van der Waals surface area contributed by atoms with Gasteiger partial charge < -0.3 is 5.11 Å². The van der Waals surface area contributed by atoms with Crippen molar-refractivity contribution in [1.82, 2.24) is 0 Å². The van der Waals surface area contributed by atoms with Gasteiger partial charge in [-0.3, -0.25) is 10.1 Å². The van der Waals surface area contributed by atoms with Crippen LogP contribution in [0.2, 0.25) is 0 Å². The molecular formula is C14H15N2O3+. The van der Waals surface area contributed by atoms with E-state index in [9.17, 15) is 15.2 Å². The standard InChI is InChI=1S/C14H14N2O3/c17-14-5-3-12(4-6-14)2-1-9-15-10-7-13(8-11-15)16(18)19/h3-8,10-11H,1-2,9H2/p+1. The second kappa shape index (κ2) is 5.95. The molecule has 0 atom stereocenters. The van der Waals surface area contributed by atoms with Crippen molar-refractivity contribution in [2.24, 2.45) is 0 Å². The van der Waals surface area contributed by atoms with Crippen LogP contribution in [-0.2, 0) is 13.0 Å². The van der Waals surface area contributed by atoms with Gasteiger partial charge in [0.25, 0.3) is 5.69 Å². The number of aromatic nitrogens is 1. The molecule has 0 aliphatic rings. The Kier molecular flexibility index (Phi) is 4.07. The number of aromatic hydroxyl groups is 1. The maximum absolute atomic E-state index is 10.5. The first-order valence-electron chi connectivity index (χ1n) is 6.06. The second-order valence-corrected chi connectivity index (χ2v) is 4.32. The quantitative estimate of drug-likeness (QED) is 0.508. The second-order valence-electron chi connectivity index (χ2n) is 4.32. The Morgan fingerprint density at radius 3 is 2.32 bits per heavy atom. The van der Waals surface area contributed by atoms with Crippen LogP contribution in [0.4, 0.5) is 5.69 Å². The maximum atomic E-state index is 10.5. The highest BCUT2D eigenvalue weighted by Gasteiger charge is 2.08. The molecule has 0 aliphatic heterocycles. The van der Waals surface area contributed by atoms with Gasteiger partial charge in [0, 0.05) is 6.42 Å². The highest BCUT2D eigenvalue weighted by molar-refractivity contribution is 5.26. The molecule has 98 valence electrons. The lowest BCUT2D eigenvalue weighted by atomic mass is 10.1. The van der Waals surface area contributed by atoms with Crippen molar-refractivity contribution < 1.29 is 14.6 Å². The summed E-state index contributed by atoms with van der Waals surface area (Å²) in [4.78, 5) is 10.1. The zero-order valence-corrected chi connectivity index (χ0v) is 10.4. The summed E-state index contributed by atoms with van der Waals surface area (Å²) in [5.41, 5.74) is 1.27. The molecule has 2 rings (SSSR count). The summed E-state index contributed by atoms with van der Waals surface area (Å²) in [6, 6.07) is 10.1.